The van der Waals surface area contributed by atoms with Crippen LogP contribution in [0.5, 0.6) is 5.75 Å². The normalized spacial score (nSPS) is 10.8. The lowest BCUT2D eigenvalue weighted by molar-refractivity contribution is -0.384. The lowest BCUT2D eigenvalue weighted by Gasteiger charge is -2.11. The zero-order chi connectivity index (χ0) is 23.1. The number of non-ortho nitro benzene ring substituents is 1. The molecule has 0 aliphatic heterocycles. The van der Waals surface area contributed by atoms with Crippen molar-refractivity contribution >= 4 is 46.6 Å². The molecule has 0 aromatic heterocycles. The van der Waals surface area contributed by atoms with Gasteiger partial charge in [-0.15, -0.1) is 0 Å². The van der Waals surface area contributed by atoms with E-state index in [1.165, 1.54) is 18.2 Å². The Bertz CT molecular complexity index is 1250. The molecule has 0 saturated carbocycles. The van der Waals surface area contributed by atoms with Crippen LogP contribution in [-0.4, -0.2) is 10.8 Å². The van der Waals surface area contributed by atoms with Crippen molar-refractivity contribution in [2.75, 3.05) is 5.32 Å². The highest BCUT2D eigenvalue weighted by Gasteiger charge is 2.13. The van der Waals surface area contributed by atoms with Crippen LogP contribution in [0.25, 0.3) is 6.08 Å². The molecule has 3 rings (SSSR count). The molecule has 0 saturated heterocycles. The van der Waals surface area contributed by atoms with Gasteiger partial charge in [0.1, 0.15) is 24.0 Å². The van der Waals surface area contributed by atoms with Gasteiger partial charge in [-0.1, -0.05) is 41.4 Å². The van der Waals surface area contributed by atoms with E-state index in [4.69, 9.17) is 27.9 Å². The maximum absolute atomic E-state index is 12.6. The third-order valence-electron chi connectivity index (χ3n) is 4.23. The number of carbonyl (C=O) groups is 1. The first-order valence-electron chi connectivity index (χ1n) is 9.20. The number of hydrogen-bond acceptors (Lipinski definition) is 5. The van der Waals surface area contributed by atoms with E-state index >= 15 is 0 Å². The lowest BCUT2D eigenvalue weighted by Crippen LogP contribution is -2.13. The van der Waals surface area contributed by atoms with Crippen LogP contribution in [0, 0.1) is 21.4 Å². The second kappa shape index (κ2) is 10.4. The molecular formula is C23H15Cl2N3O4. The number of nitriles is 1. The molecule has 32 heavy (non-hydrogen) atoms. The number of hydrogen-bond donors (Lipinski definition) is 1. The Hall–Kier alpha value is -3.86. The van der Waals surface area contributed by atoms with Crippen LogP contribution in [-0.2, 0) is 11.4 Å². The fourth-order valence-corrected chi connectivity index (χ4v) is 3.12. The molecule has 1 N–H and O–H groups in total. The van der Waals surface area contributed by atoms with Gasteiger partial charge in [0, 0.05) is 33.4 Å². The molecule has 0 atom stereocenters. The number of benzene rings is 3. The van der Waals surface area contributed by atoms with Crippen LogP contribution in [0.15, 0.2) is 72.3 Å². The maximum Gasteiger partial charge on any atom is 0.269 e. The van der Waals surface area contributed by atoms with Gasteiger partial charge in [-0.2, -0.15) is 5.26 Å². The van der Waals surface area contributed by atoms with E-state index in [-0.39, 0.29) is 17.9 Å². The summed E-state index contributed by atoms with van der Waals surface area (Å²) < 4.78 is 5.79. The van der Waals surface area contributed by atoms with Crippen molar-refractivity contribution in [1.29, 1.82) is 5.26 Å². The van der Waals surface area contributed by atoms with Gasteiger partial charge in [-0.3, -0.25) is 14.9 Å². The molecule has 0 fully saturated rings. The van der Waals surface area contributed by atoms with Crippen LogP contribution >= 0.6 is 23.2 Å². The molecule has 1 amide bonds. The monoisotopic (exact) mass is 467 g/mol. The number of amides is 1. The van der Waals surface area contributed by atoms with Crippen LogP contribution < -0.4 is 10.1 Å². The number of nitro benzene ring substituents is 1. The van der Waals surface area contributed by atoms with Crippen molar-refractivity contribution in [1.82, 2.24) is 0 Å². The van der Waals surface area contributed by atoms with E-state index < -0.39 is 10.8 Å². The van der Waals surface area contributed by atoms with Crippen LogP contribution in [0.2, 0.25) is 10.0 Å². The SMILES string of the molecule is N#C/C(=C\c1cc(Cl)ccc1OCc1cccc([N+](=O)[O-])c1)C(=O)Nc1cccc(Cl)c1. The smallest absolute Gasteiger partial charge is 0.269 e. The zero-order valence-corrected chi connectivity index (χ0v) is 17.9. The Morgan fingerprint density at radius 2 is 1.84 bits per heavy atom. The molecule has 0 radical (unpaired) electrons. The number of anilines is 1. The summed E-state index contributed by atoms with van der Waals surface area (Å²) in [7, 11) is 0. The molecule has 9 heteroatoms. The Morgan fingerprint density at radius 1 is 1.09 bits per heavy atom. The lowest BCUT2D eigenvalue weighted by atomic mass is 10.1. The van der Waals surface area contributed by atoms with Crippen molar-refractivity contribution in [3.05, 3.63) is 104 Å². The molecule has 0 aliphatic carbocycles. The van der Waals surface area contributed by atoms with Crippen molar-refractivity contribution in [3.63, 3.8) is 0 Å². The fraction of sp³-hybridized carbons (Fsp3) is 0.0435. The predicted molar refractivity (Wildman–Crippen MR) is 123 cm³/mol. The molecule has 0 spiro atoms. The summed E-state index contributed by atoms with van der Waals surface area (Å²) in [5, 5.41) is 23.9. The van der Waals surface area contributed by atoms with E-state index in [1.54, 1.807) is 54.6 Å². The van der Waals surface area contributed by atoms with E-state index in [0.29, 0.717) is 32.6 Å². The quantitative estimate of drug-likeness (QED) is 0.197. The molecule has 0 heterocycles. The van der Waals surface area contributed by atoms with Gasteiger partial charge in [0.2, 0.25) is 0 Å². The van der Waals surface area contributed by atoms with Crippen LogP contribution in [0.3, 0.4) is 0 Å². The standard InChI is InChI=1S/C23H15Cl2N3O4/c24-18-4-2-5-20(12-18)27-23(29)17(13-26)10-16-11-19(25)7-8-22(16)32-14-15-3-1-6-21(9-15)28(30)31/h1-12H,14H2,(H,27,29)/b17-10+. The number of nitro groups is 1. The van der Waals surface area contributed by atoms with E-state index in [9.17, 15) is 20.2 Å². The third-order valence-corrected chi connectivity index (χ3v) is 4.71. The summed E-state index contributed by atoms with van der Waals surface area (Å²) >= 11 is 12.0. The first-order valence-corrected chi connectivity index (χ1v) is 9.95. The average molecular weight is 468 g/mol. The highest BCUT2D eigenvalue weighted by Crippen LogP contribution is 2.27. The van der Waals surface area contributed by atoms with Crippen LogP contribution in [0.4, 0.5) is 11.4 Å². The van der Waals surface area contributed by atoms with Gasteiger partial charge in [0.25, 0.3) is 11.6 Å². The topological polar surface area (TPSA) is 105 Å². The Labute approximate surface area is 193 Å². The maximum atomic E-state index is 12.6. The van der Waals surface area contributed by atoms with Crippen LogP contribution in [0.1, 0.15) is 11.1 Å². The van der Waals surface area contributed by atoms with Gasteiger partial charge in [-0.25, -0.2) is 0 Å². The number of halogens is 2. The summed E-state index contributed by atoms with van der Waals surface area (Å²) in [5.41, 5.74) is 1.21. The van der Waals surface area contributed by atoms with Gasteiger partial charge in [0.15, 0.2) is 0 Å². The third kappa shape index (κ3) is 6.08. The Morgan fingerprint density at radius 3 is 2.56 bits per heavy atom. The minimum atomic E-state index is -0.626. The first kappa shape index (κ1) is 22.8. The van der Waals surface area contributed by atoms with E-state index in [2.05, 4.69) is 5.32 Å². The van der Waals surface area contributed by atoms with Gasteiger partial charge < -0.3 is 10.1 Å². The molecule has 0 bridgehead atoms. The first-order chi connectivity index (χ1) is 15.4. The highest BCUT2D eigenvalue weighted by atomic mass is 35.5. The second-order valence-corrected chi connectivity index (χ2v) is 7.40. The number of ether oxygens (including phenoxy) is 1. The second-order valence-electron chi connectivity index (χ2n) is 6.53. The molecule has 0 unspecified atom stereocenters. The number of nitrogens with zero attached hydrogens (tertiary/aromatic N) is 2. The highest BCUT2D eigenvalue weighted by molar-refractivity contribution is 6.31. The van der Waals surface area contributed by atoms with Crippen molar-refractivity contribution in [3.8, 4) is 11.8 Å². The molecule has 160 valence electrons. The largest absolute Gasteiger partial charge is 0.488 e. The Kier molecular flexibility index (Phi) is 7.45. The van der Waals surface area contributed by atoms with Crippen molar-refractivity contribution in [2.45, 2.75) is 6.61 Å². The van der Waals surface area contributed by atoms with E-state index in [0.717, 1.165) is 0 Å². The Balaban J connectivity index is 1.83. The summed E-state index contributed by atoms with van der Waals surface area (Å²) in [6, 6.07) is 19.2. The minimum Gasteiger partial charge on any atom is -0.488 e. The summed E-state index contributed by atoms with van der Waals surface area (Å²) in [5.74, 6) is -0.274. The number of carbonyl (C=O) groups excluding carboxylic acids is 1. The predicted octanol–water partition coefficient (Wildman–Crippen LogP) is 6.03. The average Bonchev–Trinajstić information content (AvgIpc) is 2.77. The molecule has 0 aliphatic rings. The van der Waals surface area contributed by atoms with Gasteiger partial charge >= 0.3 is 0 Å². The fourth-order valence-electron chi connectivity index (χ4n) is 2.75. The van der Waals surface area contributed by atoms with Gasteiger partial charge in [-0.05, 0) is 48.0 Å². The number of nitrogens with one attached hydrogen (secondary N) is 1. The molecule has 3 aromatic rings. The number of rotatable bonds is 7. The summed E-state index contributed by atoms with van der Waals surface area (Å²) in [4.78, 5) is 23.0. The van der Waals surface area contributed by atoms with Gasteiger partial charge in [0.05, 0.1) is 4.92 Å². The molecule has 7 nitrogen and oxygen atoms in total. The summed E-state index contributed by atoms with van der Waals surface area (Å²) in [6.07, 6.45) is 1.36. The molecule has 3 aromatic carbocycles. The molecular weight excluding hydrogens is 453 g/mol. The minimum absolute atomic E-state index is 0.0424. The summed E-state index contributed by atoms with van der Waals surface area (Å²) in [6.45, 7) is 0.0424. The van der Waals surface area contributed by atoms with Crippen molar-refractivity contribution < 1.29 is 14.5 Å². The van der Waals surface area contributed by atoms with Crippen molar-refractivity contribution in [2.24, 2.45) is 0 Å². The zero-order valence-electron chi connectivity index (χ0n) is 16.4. The van der Waals surface area contributed by atoms with E-state index in [1.807, 2.05) is 6.07 Å².